The Balaban J connectivity index is 1.40. The van der Waals surface area contributed by atoms with E-state index in [2.05, 4.69) is 31.3 Å². The van der Waals surface area contributed by atoms with Gasteiger partial charge in [-0.15, -0.1) is 10.2 Å². The van der Waals surface area contributed by atoms with Gasteiger partial charge in [0.2, 0.25) is 17.7 Å². The molecule has 3 N–H and O–H groups in total. The highest BCUT2D eigenvalue weighted by Gasteiger charge is 2.40. The summed E-state index contributed by atoms with van der Waals surface area (Å²) < 4.78 is 5.41. The number of carbonyl (C=O) groups excluding carboxylic acids is 4. The standard InChI is InChI=1S/C23H30N8O5/c1-23(2,3)36-22(35)30-10-6-9-16(30)20(33)25-13-19(32)31-15-8-5-4-7-14(15)11-17(31)21(34)24-12-18-26-28-29-27-18/h4-5,7-8,16-17H,6,9-13H2,1-3H3,(H,24,34)(H,25,33)(H,26,27,28,29)/t16-,17-/m0/s1. The average Bonchev–Trinajstić information content (AvgIpc) is 3.58. The molecule has 0 spiro atoms. The molecule has 4 amide bonds. The van der Waals surface area contributed by atoms with E-state index in [9.17, 15) is 19.2 Å². The van der Waals surface area contributed by atoms with E-state index >= 15 is 0 Å². The fourth-order valence-electron chi connectivity index (χ4n) is 4.39. The Bertz CT molecular complexity index is 1130. The fraction of sp³-hybridized carbons (Fsp3) is 0.522. The minimum absolute atomic E-state index is 0.0587. The molecule has 192 valence electrons. The number of H-pyrrole nitrogens is 1. The number of carbonyl (C=O) groups is 4. The van der Waals surface area contributed by atoms with Crippen molar-refractivity contribution in [3.63, 3.8) is 0 Å². The highest BCUT2D eigenvalue weighted by molar-refractivity contribution is 6.05. The van der Waals surface area contributed by atoms with Crippen molar-refractivity contribution in [2.45, 2.75) is 64.3 Å². The van der Waals surface area contributed by atoms with Gasteiger partial charge in [-0.25, -0.2) is 4.79 Å². The van der Waals surface area contributed by atoms with Crippen molar-refractivity contribution in [1.29, 1.82) is 0 Å². The van der Waals surface area contributed by atoms with Crippen molar-refractivity contribution in [2.75, 3.05) is 18.0 Å². The normalized spacial score (nSPS) is 19.1. The SMILES string of the molecule is CC(C)(C)OC(=O)N1CCC[C@H]1C(=O)NCC(=O)N1c2ccccc2C[C@H]1C(=O)NCc1nn[nH]n1. The number of para-hydroxylation sites is 1. The van der Waals surface area contributed by atoms with Gasteiger partial charge in [0.25, 0.3) is 0 Å². The van der Waals surface area contributed by atoms with Crippen LogP contribution in [-0.2, 0) is 32.1 Å². The van der Waals surface area contributed by atoms with Crippen LogP contribution in [0, 0.1) is 0 Å². The van der Waals surface area contributed by atoms with Crippen molar-refractivity contribution in [2.24, 2.45) is 0 Å². The minimum Gasteiger partial charge on any atom is -0.444 e. The molecule has 0 saturated carbocycles. The fourth-order valence-corrected chi connectivity index (χ4v) is 4.39. The zero-order valence-electron chi connectivity index (χ0n) is 20.5. The van der Waals surface area contributed by atoms with Crippen LogP contribution in [0.25, 0.3) is 0 Å². The Labute approximate surface area is 207 Å². The number of fused-ring (bicyclic) bond motifs is 1. The second kappa shape index (κ2) is 10.3. The van der Waals surface area contributed by atoms with E-state index in [0.29, 0.717) is 37.3 Å². The number of rotatable bonds is 6. The predicted molar refractivity (Wildman–Crippen MR) is 126 cm³/mol. The molecule has 1 aromatic heterocycles. The lowest BCUT2D eigenvalue weighted by atomic mass is 10.1. The van der Waals surface area contributed by atoms with Gasteiger partial charge in [-0.1, -0.05) is 23.4 Å². The topological polar surface area (TPSA) is 163 Å². The van der Waals surface area contributed by atoms with Gasteiger partial charge in [0, 0.05) is 18.7 Å². The molecule has 4 rings (SSSR count). The maximum atomic E-state index is 13.3. The van der Waals surface area contributed by atoms with Gasteiger partial charge in [0.05, 0.1) is 13.1 Å². The number of aromatic nitrogens is 4. The first kappa shape index (κ1) is 25.1. The van der Waals surface area contributed by atoms with Crippen molar-refractivity contribution in [3.8, 4) is 0 Å². The molecule has 1 fully saturated rings. The molecular formula is C23H30N8O5. The van der Waals surface area contributed by atoms with Gasteiger partial charge >= 0.3 is 6.09 Å². The largest absolute Gasteiger partial charge is 0.444 e. The highest BCUT2D eigenvalue weighted by atomic mass is 16.6. The zero-order chi connectivity index (χ0) is 25.9. The molecule has 2 aromatic rings. The molecule has 3 heterocycles. The highest BCUT2D eigenvalue weighted by Crippen LogP contribution is 2.32. The van der Waals surface area contributed by atoms with Gasteiger partial charge in [-0.05, 0) is 45.2 Å². The summed E-state index contributed by atoms with van der Waals surface area (Å²) in [7, 11) is 0. The third kappa shape index (κ3) is 5.61. The van der Waals surface area contributed by atoms with E-state index in [1.165, 1.54) is 9.80 Å². The van der Waals surface area contributed by atoms with E-state index in [1.54, 1.807) is 32.9 Å². The molecule has 1 aromatic carbocycles. The summed E-state index contributed by atoms with van der Waals surface area (Å²) in [5.74, 6) is -0.926. The monoisotopic (exact) mass is 498 g/mol. The number of hydrogen-bond acceptors (Lipinski definition) is 8. The predicted octanol–water partition coefficient (Wildman–Crippen LogP) is 0.290. The third-order valence-electron chi connectivity index (χ3n) is 5.95. The first-order valence-electron chi connectivity index (χ1n) is 11.8. The second-order valence-electron chi connectivity index (χ2n) is 9.71. The van der Waals surface area contributed by atoms with Crippen LogP contribution < -0.4 is 15.5 Å². The third-order valence-corrected chi connectivity index (χ3v) is 5.95. The van der Waals surface area contributed by atoms with Crippen LogP contribution >= 0.6 is 0 Å². The number of amides is 4. The first-order valence-corrected chi connectivity index (χ1v) is 11.8. The lowest BCUT2D eigenvalue weighted by Gasteiger charge is -2.28. The summed E-state index contributed by atoms with van der Waals surface area (Å²) in [4.78, 5) is 54.4. The molecule has 13 heteroatoms. The van der Waals surface area contributed by atoms with E-state index in [-0.39, 0.29) is 19.0 Å². The quantitative estimate of drug-likeness (QED) is 0.512. The second-order valence-corrected chi connectivity index (χ2v) is 9.71. The molecule has 0 unspecified atom stereocenters. The summed E-state index contributed by atoms with van der Waals surface area (Å²) in [6, 6.07) is 5.75. The molecule has 2 atom stereocenters. The molecule has 2 aliphatic rings. The van der Waals surface area contributed by atoms with Crippen LogP contribution in [0.15, 0.2) is 24.3 Å². The van der Waals surface area contributed by atoms with Crippen LogP contribution in [0.3, 0.4) is 0 Å². The van der Waals surface area contributed by atoms with Gasteiger partial charge in [0.15, 0.2) is 5.82 Å². The molecule has 0 bridgehead atoms. The molecule has 0 aliphatic carbocycles. The van der Waals surface area contributed by atoms with Crippen LogP contribution in [0.5, 0.6) is 0 Å². The van der Waals surface area contributed by atoms with Gasteiger partial charge in [-0.2, -0.15) is 5.21 Å². The maximum absolute atomic E-state index is 13.3. The van der Waals surface area contributed by atoms with Crippen molar-refractivity contribution >= 4 is 29.5 Å². The number of aromatic amines is 1. The first-order chi connectivity index (χ1) is 17.1. The van der Waals surface area contributed by atoms with E-state index in [0.717, 1.165) is 5.56 Å². The Morgan fingerprint density at radius 3 is 2.58 bits per heavy atom. The van der Waals surface area contributed by atoms with Crippen LogP contribution in [0.2, 0.25) is 0 Å². The Morgan fingerprint density at radius 2 is 1.86 bits per heavy atom. The number of benzene rings is 1. The number of nitrogens with zero attached hydrogens (tertiary/aromatic N) is 5. The van der Waals surface area contributed by atoms with E-state index < -0.39 is 35.6 Å². The zero-order valence-corrected chi connectivity index (χ0v) is 20.5. The number of likely N-dealkylation sites (tertiary alicyclic amines) is 1. The average molecular weight is 499 g/mol. The van der Waals surface area contributed by atoms with Crippen molar-refractivity contribution in [1.82, 2.24) is 36.2 Å². The molecule has 36 heavy (non-hydrogen) atoms. The number of tetrazole rings is 1. The smallest absolute Gasteiger partial charge is 0.410 e. The van der Waals surface area contributed by atoms with Crippen molar-refractivity contribution in [3.05, 3.63) is 35.7 Å². The lowest BCUT2D eigenvalue weighted by molar-refractivity contribution is -0.129. The van der Waals surface area contributed by atoms with Gasteiger partial charge < -0.3 is 15.4 Å². The summed E-state index contributed by atoms with van der Waals surface area (Å²) in [6.07, 6.45) is 0.918. The van der Waals surface area contributed by atoms with Crippen LogP contribution in [-0.4, -0.2) is 80.1 Å². The maximum Gasteiger partial charge on any atom is 0.410 e. The number of hydrogen-bond donors (Lipinski definition) is 3. The summed E-state index contributed by atoms with van der Waals surface area (Å²) in [5.41, 5.74) is 0.788. The summed E-state index contributed by atoms with van der Waals surface area (Å²) in [6.45, 7) is 5.43. The minimum atomic E-state index is -0.788. The van der Waals surface area contributed by atoms with Crippen LogP contribution in [0.1, 0.15) is 45.0 Å². The molecule has 2 aliphatic heterocycles. The Kier molecular flexibility index (Phi) is 7.17. The molecule has 1 saturated heterocycles. The molecule has 0 radical (unpaired) electrons. The van der Waals surface area contributed by atoms with Gasteiger partial charge in [0.1, 0.15) is 17.7 Å². The summed E-state index contributed by atoms with van der Waals surface area (Å²) in [5, 5.41) is 18.8. The molecule has 13 nitrogen and oxygen atoms in total. The number of anilines is 1. The van der Waals surface area contributed by atoms with E-state index in [1.807, 2.05) is 12.1 Å². The Morgan fingerprint density at radius 1 is 1.11 bits per heavy atom. The van der Waals surface area contributed by atoms with Crippen LogP contribution in [0.4, 0.5) is 10.5 Å². The molecular weight excluding hydrogens is 468 g/mol. The van der Waals surface area contributed by atoms with Gasteiger partial charge in [-0.3, -0.25) is 24.2 Å². The van der Waals surface area contributed by atoms with E-state index in [4.69, 9.17) is 4.74 Å². The summed E-state index contributed by atoms with van der Waals surface area (Å²) >= 11 is 0. The Hall–Kier alpha value is -4.03. The van der Waals surface area contributed by atoms with Crippen molar-refractivity contribution < 1.29 is 23.9 Å². The number of ether oxygens (including phenoxy) is 1. The number of nitrogens with one attached hydrogen (secondary N) is 3. The lowest BCUT2D eigenvalue weighted by Crippen LogP contribution is -2.53.